The van der Waals surface area contributed by atoms with Crippen LogP contribution in [0.1, 0.15) is 49.9 Å². The quantitative estimate of drug-likeness (QED) is 0.165. The molecule has 9 nitrogen and oxygen atoms in total. The van der Waals surface area contributed by atoms with Crippen LogP contribution in [0.5, 0.6) is 0 Å². The van der Waals surface area contributed by atoms with Gasteiger partial charge in [0.25, 0.3) is 0 Å². The number of rotatable bonds is 6. The Bertz CT molecular complexity index is 10200. The van der Waals surface area contributed by atoms with Crippen molar-refractivity contribution in [2.75, 3.05) is 0 Å². The molecule has 0 N–H and O–H groups in total. The molecule has 0 saturated heterocycles. The molecule has 9 aromatic heterocycles. The lowest BCUT2D eigenvalue weighted by Gasteiger charge is -2.23. The number of aromatic nitrogens is 3. The van der Waals surface area contributed by atoms with Crippen LogP contribution in [0.15, 0.2) is 433 Å². The number of nitrogens with zero attached hydrogens (tertiary/aromatic N) is 3. The summed E-state index contributed by atoms with van der Waals surface area (Å²) in [5.41, 5.74) is 39.0. The highest BCUT2D eigenvalue weighted by molar-refractivity contribution is 6.21. The zero-order valence-corrected chi connectivity index (χ0v) is 74.0. The van der Waals surface area contributed by atoms with Crippen molar-refractivity contribution in [2.45, 2.75) is 38.5 Å². The summed E-state index contributed by atoms with van der Waals surface area (Å²) < 4.78 is 44.7. The molecule has 135 heavy (non-hydrogen) atoms. The Morgan fingerprint density at radius 2 is 0.430 bits per heavy atom. The molecule has 634 valence electrons. The summed E-state index contributed by atoms with van der Waals surface area (Å²) in [6.45, 7) is 9.45. The molecule has 2 aliphatic carbocycles. The van der Waals surface area contributed by atoms with Gasteiger partial charge in [-0.25, -0.2) is 0 Å². The van der Waals surface area contributed by atoms with Crippen LogP contribution in [0, 0.1) is 0 Å². The van der Waals surface area contributed by atoms with Gasteiger partial charge in [-0.2, -0.15) is 0 Å². The van der Waals surface area contributed by atoms with Crippen molar-refractivity contribution < 1.29 is 26.5 Å². The molecule has 0 bridgehead atoms. The fraction of sp³-hybridized carbons (Fsp3) is 0.0476. The lowest BCUT2D eigenvalue weighted by molar-refractivity contribution is 0.659. The molecule has 20 aromatic carbocycles. The summed E-state index contributed by atoms with van der Waals surface area (Å²) in [6, 6.07) is 146. The van der Waals surface area contributed by atoms with E-state index in [1.165, 1.54) is 149 Å². The van der Waals surface area contributed by atoms with E-state index in [0.29, 0.717) is 0 Å². The molecule has 0 radical (unpaired) electrons. The number of benzene rings is 20. The van der Waals surface area contributed by atoms with E-state index in [4.69, 9.17) is 26.5 Å². The summed E-state index contributed by atoms with van der Waals surface area (Å²) in [5, 5.41) is 21.0. The second kappa shape index (κ2) is 28.1. The Morgan fingerprint density at radius 1 is 0.156 bits per heavy atom. The maximum Gasteiger partial charge on any atom is 0.143 e. The molecule has 0 spiro atoms. The van der Waals surface area contributed by atoms with Gasteiger partial charge in [0.05, 0.1) is 33.1 Å². The topological polar surface area (TPSA) is 93.6 Å². The van der Waals surface area contributed by atoms with Gasteiger partial charge in [-0.3, -0.25) is 0 Å². The number of hydrogen-bond donors (Lipinski definition) is 0. The predicted molar refractivity (Wildman–Crippen MR) is 557 cm³/mol. The SMILES string of the molecule is CC1(C)c2cc(-c3ccc4oc5ccccc5c4c3)ccc2-c2ccc(-n3c4ccccc4c4cc5oc6ccccc6c5cc43)cc21.CC1(C)c2cc(-c3cccc4c3oc3ccccc34)ccc2-c2ccc(-n3c4ccccc4c4cc5oc6ccccc6c5cc43)cc21.c1ccc2c(c1)oc1ccc(-c3ccc(-n4c5ccccc5c5cc6oc7ccccc7c6cc54)cc3)cc12. The third kappa shape index (κ3) is 11.1. The van der Waals surface area contributed by atoms with E-state index < -0.39 is 0 Å². The first-order valence-corrected chi connectivity index (χ1v) is 46.4. The van der Waals surface area contributed by atoms with Crippen molar-refractivity contribution >= 4 is 197 Å². The second-order valence-corrected chi connectivity index (χ2v) is 37.6. The van der Waals surface area contributed by atoms with E-state index in [0.717, 1.165) is 143 Å². The molecule has 0 amide bonds. The smallest absolute Gasteiger partial charge is 0.143 e. The summed E-state index contributed by atoms with van der Waals surface area (Å²) in [6.07, 6.45) is 0. The van der Waals surface area contributed by atoms with Crippen molar-refractivity contribution in [3.63, 3.8) is 0 Å². The molecule has 0 saturated carbocycles. The van der Waals surface area contributed by atoms with Crippen LogP contribution in [-0.4, -0.2) is 13.7 Å². The molecule has 9 heteroatoms. The maximum absolute atomic E-state index is 6.44. The zero-order chi connectivity index (χ0) is 89.0. The van der Waals surface area contributed by atoms with E-state index in [1.54, 1.807) is 0 Å². The van der Waals surface area contributed by atoms with Gasteiger partial charge >= 0.3 is 0 Å². The minimum Gasteiger partial charge on any atom is -0.456 e. The Balaban J connectivity index is 0.0000000990. The van der Waals surface area contributed by atoms with Crippen LogP contribution in [0.3, 0.4) is 0 Å². The molecule has 29 aromatic rings. The van der Waals surface area contributed by atoms with Gasteiger partial charge in [-0.05, 0) is 236 Å². The Labute approximate surface area is 771 Å². The minimum absolute atomic E-state index is 0.171. The van der Waals surface area contributed by atoms with Crippen molar-refractivity contribution in [2.24, 2.45) is 0 Å². The van der Waals surface area contributed by atoms with Crippen LogP contribution >= 0.6 is 0 Å². The van der Waals surface area contributed by atoms with Crippen LogP contribution in [-0.2, 0) is 10.8 Å². The first-order chi connectivity index (χ1) is 66.4. The third-order valence-corrected chi connectivity index (χ3v) is 29.6. The normalized spacial score (nSPS) is 13.3. The first kappa shape index (κ1) is 75.4. The first-order valence-electron chi connectivity index (χ1n) is 46.4. The standard InChI is InChI=1S/2C45H29NO2.C36H21NO2/c1-45(2)37-22-26(28-13-9-14-34-32-11-4-8-17-42(32)48-44(28)34)18-20-29(37)30-21-19-27(23-38(30)45)46-39-15-6-3-10-31(39)35-25-43-36(24-40(35)46)33-12-5-7-16-41(33)47-43;1-45(2)37-22-27(26-16-20-43-35(21-26)32-10-4-7-13-41(32)47-43)15-18-29(37)30-19-17-28(23-38(30)45)46-39-12-6-3-9-31(39)34-25-44-36(24-40(34)46)33-11-5-8-14-42(33)48-44;1-4-10-31-25(7-1)28-21-36-30(27-9-3-6-12-34(27)39-36)20-32(28)37(31)24-16-13-22(14-17-24)23-15-18-35-29(19-23)26-8-2-5-11-33(26)38-35/h2*3-25H,1-2H3;1-21H. The van der Waals surface area contributed by atoms with Gasteiger partial charge < -0.3 is 40.2 Å². The highest BCUT2D eigenvalue weighted by Gasteiger charge is 2.39. The van der Waals surface area contributed by atoms with Gasteiger partial charge in [0, 0.05) is 130 Å². The summed E-state index contributed by atoms with van der Waals surface area (Å²) >= 11 is 0. The van der Waals surface area contributed by atoms with Crippen LogP contribution in [0.2, 0.25) is 0 Å². The lowest BCUT2D eigenvalue weighted by atomic mass is 9.81. The number of hydrogen-bond acceptors (Lipinski definition) is 6. The highest BCUT2D eigenvalue weighted by Crippen LogP contribution is 2.55. The van der Waals surface area contributed by atoms with E-state index >= 15 is 0 Å². The fourth-order valence-electron chi connectivity index (χ4n) is 23.1. The number of fused-ring (bicyclic) bond motifs is 33. The van der Waals surface area contributed by atoms with Gasteiger partial charge in [0.2, 0.25) is 0 Å². The molecule has 0 unspecified atom stereocenters. The van der Waals surface area contributed by atoms with E-state index in [2.05, 4.69) is 393 Å². The van der Waals surface area contributed by atoms with Crippen molar-refractivity contribution in [3.05, 3.63) is 429 Å². The van der Waals surface area contributed by atoms with Gasteiger partial charge in [0.1, 0.15) is 67.0 Å². The summed E-state index contributed by atoms with van der Waals surface area (Å²) in [7, 11) is 0. The number of furan rings is 6. The Morgan fingerprint density at radius 3 is 0.844 bits per heavy atom. The molecule has 0 fully saturated rings. The summed E-state index contributed by atoms with van der Waals surface area (Å²) in [4.78, 5) is 0. The molecule has 2 aliphatic rings. The largest absolute Gasteiger partial charge is 0.456 e. The van der Waals surface area contributed by atoms with Crippen LogP contribution < -0.4 is 0 Å². The molecule has 0 atom stereocenters. The van der Waals surface area contributed by atoms with Gasteiger partial charge in [-0.15, -0.1) is 0 Å². The van der Waals surface area contributed by atoms with Crippen molar-refractivity contribution in [1.29, 1.82) is 0 Å². The van der Waals surface area contributed by atoms with Crippen LogP contribution in [0.4, 0.5) is 0 Å². The average Bonchev–Trinajstić information content (AvgIpc) is 1.55. The molecular formula is C126H79N3O6. The van der Waals surface area contributed by atoms with Gasteiger partial charge in [-0.1, -0.05) is 270 Å². The maximum atomic E-state index is 6.44. The molecule has 0 aliphatic heterocycles. The number of para-hydroxylation sites is 10. The second-order valence-electron chi connectivity index (χ2n) is 37.6. The Hall–Kier alpha value is -17.4. The summed E-state index contributed by atoms with van der Waals surface area (Å²) in [5.74, 6) is 0. The third-order valence-electron chi connectivity index (χ3n) is 29.6. The zero-order valence-electron chi connectivity index (χ0n) is 74.0. The fourth-order valence-corrected chi connectivity index (χ4v) is 23.1. The monoisotopic (exact) mass is 1730 g/mol. The highest BCUT2D eigenvalue weighted by atomic mass is 16.3. The van der Waals surface area contributed by atoms with Crippen molar-refractivity contribution in [3.8, 4) is 72.7 Å². The van der Waals surface area contributed by atoms with Crippen molar-refractivity contribution in [1.82, 2.24) is 13.7 Å². The average molecular weight is 1730 g/mol. The lowest BCUT2D eigenvalue weighted by Crippen LogP contribution is -2.15. The molecular weight excluding hydrogens is 1650 g/mol. The van der Waals surface area contributed by atoms with E-state index in [9.17, 15) is 0 Å². The molecule has 9 heterocycles. The minimum atomic E-state index is -0.189. The van der Waals surface area contributed by atoms with Crippen LogP contribution in [0.25, 0.3) is 270 Å². The molecule has 31 rings (SSSR count). The van der Waals surface area contributed by atoms with Gasteiger partial charge in [0.15, 0.2) is 0 Å². The predicted octanol–water partition coefficient (Wildman–Crippen LogP) is 35.4. The Kier molecular flexibility index (Phi) is 15.7. The van der Waals surface area contributed by atoms with E-state index in [-0.39, 0.29) is 10.8 Å². The van der Waals surface area contributed by atoms with E-state index in [1.807, 2.05) is 54.6 Å².